The molecule has 1 amide bonds. The summed E-state index contributed by atoms with van der Waals surface area (Å²) in [4.78, 5) is 28.4. The quantitative estimate of drug-likeness (QED) is 0.841. The Hall–Kier alpha value is -1.43. The van der Waals surface area contributed by atoms with Crippen molar-refractivity contribution in [3.63, 3.8) is 0 Å². The van der Waals surface area contributed by atoms with Gasteiger partial charge >= 0.3 is 5.97 Å². The van der Waals surface area contributed by atoms with Crippen LogP contribution in [0.25, 0.3) is 0 Å². The number of carbonyl (C=O) groups is 2. The van der Waals surface area contributed by atoms with Gasteiger partial charge in [-0.15, -0.1) is 0 Å². The summed E-state index contributed by atoms with van der Waals surface area (Å²) in [6, 6.07) is 2.60. The molecule has 0 radical (unpaired) electrons. The minimum Gasteiger partial charge on any atom is -0.480 e. The van der Waals surface area contributed by atoms with E-state index in [4.69, 9.17) is 5.11 Å². The van der Waals surface area contributed by atoms with E-state index < -0.39 is 12.0 Å². The first-order chi connectivity index (χ1) is 8.09. The van der Waals surface area contributed by atoms with Gasteiger partial charge in [0.25, 0.3) is 5.91 Å². The largest absolute Gasteiger partial charge is 0.480 e. The van der Waals surface area contributed by atoms with Gasteiger partial charge in [0.2, 0.25) is 0 Å². The molecule has 5 nitrogen and oxygen atoms in total. The maximum absolute atomic E-state index is 12.1. The molecule has 1 atom stereocenters. The summed E-state index contributed by atoms with van der Waals surface area (Å²) in [5, 5.41) is 9.01. The third-order valence-corrected chi connectivity index (χ3v) is 3.24. The van der Waals surface area contributed by atoms with Crippen LogP contribution in [0.1, 0.15) is 23.2 Å². The molecule has 1 N–H and O–H groups in total. The van der Waals surface area contributed by atoms with Gasteiger partial charge in [0, 0.05) is 12.7 Å². The van der Waals surface area contributed by atoms with Crippen molar-refractivity contribution in [2.24, 2.45) is 0 Å². The highest BCUT2D eigenvalue weighted by Gasteiger charge is 2.34. The zero-order valence-corrected chi connectivity index (χ0v) is 10.6. The van der Waals surface area contributed by atoms with E-state index in [0.29, 0.717) is 23.1 Å². The third kappa shape index (κ3) is 2.46. The summed E-state index contributed by atoms with van der Waals surface area (Å²) in [6.07, 6.45) is 2.70. The van der Waals surface area contributed by atoms with Gasteiger partial charge in [-0.2, -0.15) is 0 Å². The minimum atomic E-state index is -0.944. The molecule has 0 aromatic carbocycles. The van der Waals surface area contributed by atoms with Crippen LogP contribution < -0.4 is 0 Å². The first-order valence-corrected chi connectivity index (χ1v) is 6.04. The van der Waals surface area contributed by atoms with E-state index in [-0.39, 0.29) is 5.91 Å². The minimum absolute atomic E-state index is 0.269. The van der Waals surface area contributed by atoms with Crippen LogP contribution in [-0.4, -0.2) is 39.5 Å². The van der Waals surface area contributed by atoms with Crippen molar-refractivity contribution < 1.29 is 14.7 Å². The molecule has 0 bridgehead atoms. The monoisotopic (exact) mass is 298 g/mol. The standard InChI is InChI=1S/C11H11BrN2O3/c12-9-4-3-7(6-13-9)10(15)14-5-1-2-8(14)11(16)17/h3-4,6,8H,1-2,5H2,(H,16,17). The van der Waals surface area contributed by atoms with Crippen LogP contribution in [0.3, 0.4) is 0 Å². The SMILES string of the molecule is O=C(O)C1CCCN1C(=O)c1ccc(Br)nc1. The number of hydrogen-bond acceptors (Lipinski definition) is 3. The molecular formula is C11H11BrN2O3. The molecule has 90 valence electrons. The van der Waals surface area contributed by atoms with Crippen molar-refractivity contribution in [1.82, 2.24) is 9.88 Å². The number of nitrogens with zero attached hydrogens (tertiary/aromatic N) is 2. The zero-order chi connectivity index (χ0) is 12.4. The molecule has 1 aromatic rings. The summed E-state index contributed by atoms with van der Waals surface area (Å²) in [7, 11) is 0. The number of carbonyl (C=O) groups excluding carboxylic acids is 1. The molecular weight excluding hydrogens is 288 g/mol. The van der Waals surface area contributed by atoms with Gasteiger partial charge in [0.1, 0.15) is 10.6 Å². The lowest BCUT2D eigenvalue weighted by atomic mass is 10.2. The van der Waals surface area contributed by atoms with Gasteiger partial charge in [-0.25, -0.2) is 9.78 Å². The van der Waals surface area contributed by atoms with Crippen molar-refractivity contribution in [2.45, 2.75) is 18.9 Å². The molecule has 1 saturated heterocycles. The number of carboxylic acids is 1. The second-order valence-electron chi connectivity index (χ2n) is 3.86. The number of amides is 1. The van der Waals surface area contributed by atoms with E-state index in [1.165, 1.54) is 11.1 Å². The zero-order valence-electron chi connectivity index (χ0n) is 8.97. The Labute approximate surface area is 107 Å². The Kier molecular flexibility index (Phi) is 3.42. The van der Waals surface area contributed by atoms with E-state index in [0.717, 1.165) is 6.42 Å². The Bertz CT molecular complexity index is 447. The molecule has 0 spiro atoms. The fraction of sp³-hybridized carbons (Fsp3) is 0.364. The van der Waals surface area contributed by atoms with Gasteiger partial charge in [-0.3, -0.25) is 4.79 Å². The molecule has 2 rings (SSSR count). The van der Waals surface area contributed by atoms with Gasteiger partial charge in [0.05, 0.1) is 5.56 Å². The van der Waals surface area contributed by atoms with E-state index in [1.54, 1.807) is 12.1 Å². The van der Waals surface area contributed by atoms with Gasteiger partial charge in [-0.05, 0) is 40.9 Å². The van der Waals surface area contributed by atoms with Gasteiger partial charge in [-0.1, -0.05) is 0 Å². The molecule has 0 aliphatic carbocycles. The van der Waals surface area contributed by atoms with Crippen molar-refractivity contribution in [1.29, 1.82) is 0 Å². The van der Waals surface area contributed by atoms with Crippen LogP contribution in [0, 0.1) is 0 Å². The number of pyridine rings is 1. The van der Waals surface area contributed by atoms with E-state index in [1.807, 2.05) is 0 Å². The normalized spacial score (nSPS) is 19.4. The van der Waals surface area contributed by atoms with E-state index in [9.17, 15) is 9.59 Å². The van der Waals surface area contributed by atoms with Crippen LogP contribution >= 0.6 is 15.9 Å². The molecule has 6 heteroatoms. The molecule has 1 fully saturated rings. The molecule has 1 aliphatic rings. The average Bonchev–Trinajstić information content (AvgIpc) is 2.78. The van der Waals surface area contributed by atoms with Gasteiger partial charge in [0.15, 0.2) is 0 Å². The predicted octanol–water partition coefficient (Wildman–Crippen LogP) is 1.53. The molecule has 1 aromatic heterocycles. The lowest BCUT2D eigenvalue weighted by molar-refractivity contribution is -0.141. The van der Waals surface area contributed by atoms with Crippen molar-refractivity contribution in [3.05, 3.63) is 28.5 Å². The Morgan fingerprint density at radius 2 is 2.24 bits per heavy atom. The van der Waals surface area contributed by atoms with Gasteiger partial charge < -0.3 is 10.0 Å². The molecule has 17 heavy (non-hydrogen) atoms. The Balaban J connectivity index is 2.19. The first kappa shape index (κ1) is 12.0. The number of halogens is 1. The molecule has 2 heterocycles. The van der Waals surface area contributed by atoms with Crippen molar-refractivity contribution in [3.8, 4) is 0 Å². The maximum Gasteiger partial charge on any atom is 0.326 e. The highest BCUT2D eigenvalue weighted by molar-refractivity contribution is 9.10. The second-order valence-corrected chi connectivity index (χ2v) is 4.68. The summed E-state index contributed by atoms with van der Waals surface area (Å²) in [5.74, 6) is -1.21. The highest BCUT2D eigenvalue weighted by atomic mass is 79.9. The maximum atomic E-state index is 12.1. The summed E-state index contributed by atoms with van der Waals surface area (Å²) < 4.78 is 0.644. The average molecular weight is 299 g/mol. The van der Waals surface area contributed by atoms with Crippen LogP contribution in [0.4, 0.5) is 0 Å². The fourth-order valence-electron chi connectivity index (χ4n) is 1.93. The van der Waals surface area contributed by atoms with E-state index >= 15 is 0 Å². The highest BCUT2D eigenvalue weighted by Crippen LogP contribution is 2.20. The topological polar surface area (TPSA) is 70.5 Å². The lowest BCUT2D eigenvalue weighted by Crippen LogP contribution is -2.40. The number of aliphatic carboxylic acids is 1. The molecule has 0 saturated carbocycles. The number of hydrogen-bond donors (Lipinski definition) is 1. The lowest BCUT2D eigenvalue weighted by Gasteiger charge is -2.21. The summed E-state index contributed by atoms with van der Waals surface area (Å²) in [6.45, 7) is 0.492. The van der Waals surface area contributed by atoms with Crippen LogP contribution in [0.5, 0.6) is 0 Å². The molecule has 1 unspecified atom stereocenters. The Morgan fingerprint density at radius 3 is 2.82 bits per heavy atom. The van der Waals surface area contributed by atoms with Crippen LogP contribution in [0.15, 0.2) is 22.9 Å². The van der Waals surface area contributed by atoms with Crippen LogP contribution in [0.2, 0.25) is 0 Å². The second kappa shape index (κ2) is 4.83. The number of rotatable bonds is 2. The van der Waals surface area contributed by atoms with E-state index in [2.05, 4.69) is 20.9 Å². The summed E-state index contributed by atoms with van der Waals surface area (Å²) in [5.41, 5.74) is 0.418. The Morgan fingerprint density at radius 1 is 1.47 bits per heavy atom. The molecule has 1 aliphatic heterocycles. The van der Waals surface area contributed by atoms with Crippen LogP contribution in [-0.2, 0) is 4.79 Å². The van der Waals surface area contributed by atoms with Crippen molar-refractivity contribution >= 4 is 27.8 Å². The summed E-state index contributed by atoms with van der Waals surface area (Å²) >= 11 is 3.18. The third-order valence-electron chi connectivity index (χ3n) is 2.77. The fourth-order valence-corrected chi connectivity index (χ4v) is 2.17. The predicted molar refractivity (Wildman–Crippen MR) is 63.6 cm³/mol. The number of aromatic nitrogens is 1. The van der Waals surface area contributed by atoms with Crippen molar-refractivity contribution in [2.75, 3.05) is 6.54 Å². The smallest absolute Gasteiger partial charge is 0.326 e. The number of carboxylic acid groups (broad SMARTS) is 1. The number of likely N-dealkylation sites (tertiary alicyclic amines) is 1. The first-order valence-electron chi connectivity index (χ1n) is 5.25.